The second-order valence-corrected chi connectivity index (χ2v) is 6.48. The van der Waals surface area contributed by atoms with E-state index in [1.807, 2.05) is 37.3 Å². The zero-order valence-corrected chi connectivity index (χ0v) is 15.3. The molecular formula is C16H17Br2NO2. The maximum atomic E-state index is 6.44. The van der Waals surface area contributed by atoms with E-state index >= 15 is 0 Å². The number of nitrogens with two attached hydrogens (primary N) is 1. The summed E-state index contributed by atoms with van der Waals surface area (Å²) in [5.74, 6) is 1.52. The summed E-state index contributed by atoms with van der Waals surface area (Å²) in [4.78, 5) is 0. The van der Waals surface area contributed by atoms with Crippen molar-refractivity contribution in [2.75, 3.05) is 14.2 Å². The van der Waals surface area contributed by atoms with Gasteiger partial charge in [-0.1, -0.05) is 37.9 Å². The van der Waals surface area contributed by atoms with E-state index in [1.54, 1.807) is 14.2 Å². The van der Waals surface area contributed by atoms with Gasteiger partial charge in [0.15, 0.2) is 0 Å². The lowest BCUT2D eigenvalue weighted by Crippen LogP contribution is -2.14. The molecule has 0 bridgehead atoms. The van der Waals surface area contributed by atoms with E-state index in [0.29, 0.717) is 0 Å². The Morgan fingerprint density at radius 3 is 2.19 bits per heavy atom. The van der Waals surface area contributed by atoms with E-state index in [2.05, 4.69) is 31.9 Å². The number of methoxy groups -OCH3 is 2. The molecule has 0 aliphatic heterocycles. The molecule has 0 saturated carbocycles. The molecule has 0 aliphatic carbocycles. The summed E-state index contributed by atoms with van der Waals surface area (Å²) in [5, 5.41) is 0. The van der Waals surface area contributed by atoms with E-state index in [-0.39, 0.29) is 6.04 Å². The van der Waals surface area contributed by atoms with Crippen molar-refractivity contribution in [3.8, 4) is 11.5 Å². The van der Waals surface area contributed by atoms with Crippen LogP contribution in [0, 0.1) is 6.92 Å². The fraction of sp³-hybridized carbons (Fsp3) is 0.250. The first-order chi connectivity index (χ1) is 9.97. The van der Waals surface area contributed by atoms with Gasteiger partial charge in [-0.25, -0.2) is 0 Å². The van der Waals surface area contributed by atoms with Crippen LogP contribution in [-0.2, 0) is 0 Å². The highest BCUT2D eigenvalue weighted by Crippen LogP contribution is 2.37. The molecule has 1 atom stereocenters. The predicted molar refractivity (Wildman–Crippen MR) is 92.2 cm³/mol. The van der Waals surface area contributed by atoms with Crippen LogP contribution in [0.2, 0.25) is 0 Å². The van der Waals surface area contributed by atoms with Crippen LogP contribution >= 0.6 is 31.9 Å². The largest absolute Gasteiger partial charge is 0.496 e. The van der Waals surface area contributed by atoms with Crippen molar-refractivity contribution >= 4 is 31.9 Å². The lowest BCUT2D eigenvalue weighted by molar-refractivity contribution is 0.400. The van der Waals surface area contributed by atoms with Gasteiger partial charge in [0.25, 0.3) is 0 Å². The monoisotopic (exact) mass is 413 g/mol. The molecule has 5 heteroatoms. The van der Waals surface area contributed by atoms with Gasteiger partial charge >= 0.3 is 0 Å². The molecule has 2 aromatic carbocycles. The maximum Gasteiger partial charge on any atom is 0.125 e. The molecule has 112 valence electrons. The molecule has 0 saturated heterocycles. The number of halogens is 2. The topological polar surface area (TPSA) is 44.5 Å². The Bertz CT molecular complexity index is 659. The first kappa shape index (κ1) is 16.3. The van der Waals surface area contributed by atoms with Gasteiger partial charge in [-0.3, -0.25) is 0 Å². The van der Waals surface area contributed by atoms with E-state index < -0.39 is 0 Å². The molecule has 1 unspecified atom stereocenters. The molecule has 2 aromatic rings. The van der Waals surface area contributed by atoms with Crippen LogP contribution in [0.4, 0.5) is 0 Å². The summed E-state index contributed by atoms with van der Waals surface area (Å²) in [6.07, 6.45) is 0. The number of hydrogen-bond acceptors (Lipinski definition) is 3. The third-order valence-electron chi connectivity index (χ3n) is 3.38. The number of ether oxygens (including phenoxy) is 2. The van der Waals surface area contributed by atoms with E-state index in [0.717, 1.165) is 37.1 Å². The van der Waals surface area contributed by atoms with Gasteiger partial charge in [-0.05, 0) is 36.8 Å². The highest BCUT2D eigenvalue weighted by Gasteiger charge is 2.19. The predicted octanol–water partition coefficient (Wildman–Crippen LogP) is 4.59. The molecule has 0 aliphatic rings. The van der Waals surface area contributed by atoms with Gasteiger partial charge < -0.3 is 15.2 Å². The maximum absolute atomic E-state index is 6.44. The van der Waals surface area contributed by atoms with Gasteiger partial charge in [-0.2, -0.15) is 0 Å². The average Bonchev–Trinajstić information content (AvgIpc) is 2.48. The third kappa shape index (κ3) is 3.42. The second-order valence-electron chi connectivity index (χ2n) is 4.71. The summed E-state index contributed by atoms with van der Waals surface area (Å²) in [6, 6.07) is 9.46. The molecule has 0 fully saturated rings. The zero-order valence-electron chi connectivity index (χ0n) is 12.1. The standard InChI is InChI=1S/C16H17Br2NO2/c1-9-6-14(20-2)12(8-13(9)18)16(19)11-5-4-10(17)7-15(11)21-3/h4-8,16H,19H2,1-3H3. The minimum atomic E-state index is -0.333. The van der Waals surface area contributed by atoms with Crippen LogP contribution in [0.25, 0.3) is 0 Å². The molecular weight excluding hydrogens is 398 g/mol. The Morgan fingerprint density at radius 2 is 1.57 bits per heavy atom. The van der Waals surface area contributed by atoms with Crippen LogP contribution in [-0.4, -0.2) is 14.2 Å². The van der Waals surface area contributed by atoms with Crippen molar-refractivity contribution in [1.29, 1.82) is 0 Å². The molecule has 21 heavy (non-hydrogen) atoms. The number of rotatable bonds is 4. The molecule has 3 nitrogen and oxygen atoms in total. The Balaban J connectivity index is 2.54. The molecule has 2 rings (SSSR count). The normalized spacial score (nSPS) is 12.1. The van der Waals surface area contributed by atoms with Crippen molar-refractivity contribution in [1.82, 2.24) is 0 Å². The average molecular weight is 415 g/mol. The minimum Gasteiger partial charge on any atom is -0.496 e. The lowest BCUT2D eigenvalue weighted by atomic mass is 9.97. The van der Waals surface area contributed by atoms with Crippen LogP contribution in [0.15, 0.2) is 39.3 Å². The third-order valence-corrected chi connectivity index (χ3v) is 4.72. The molecule has 0 heterocycles. The van der Waals surface area contributed by atoms with Crippen LogP contribution < -0.4 is 15.2 Å². The Morgan fingerprint density at radius 1 is 0.952 bits per heavy atom. The lowest BCUT2D eigenvalue weighted by Gasteiger charge is -2.20. The molecule has 0 amide bonds. The fourth-order valence-electron chi connectivity index (χ4n) is 2.20. The van der Waals surface area contributed by atoms with Crippen molar-refractivity contribution in [3.05, 3.63) is 56.0 Å². The van der Waals surface area contributed by atoms with E-state index in [4.69, 9.17) is 15.2 Å². The first-order valence-corrected chi connectivity index (χ1v) is 7.99. The summed E-state index contributed by atoms with van der Waals surface area (Å²) in [5.41, 5.74) is 9.37. The highest BCUT2D eigenvalue weighted by molar-refractivity contribution is 9.10. The number of benzene rings is 2. The molecule has 2 N–H and O–H groups in total. The number of aryl methyl sites for hydroxylation is 1. The van der Waals surface area contributed by atoms with Gasteiger partial charge in [-0.15, -0.1) is 0 Å². The van der Waals surface area contributed by atoms with Crippen molar-refractivity contribution < 1.29 is 9.47 Å². The second kappa shape index (κ2) is 6.81. The van der Waals surface area contributed by atoms with Crippen LogP contribution in [0.1, 0.15) is 22.7 Å². The summed E-state index contributed by atoms with van der Waals surface area (Å²) in [7, 11) is 3.29. The Hall–Kier alpha value is -1.04. The van der Waals surface area contributed by atoms with Crippen LogP contribution in [0.5, 0.6) is 11.5 Å². The SMILES string of the molecule is COc1cc(Br)ccc1C(N)c1cc(Br)c(C)cc1OC. The first-order valence-electron chi connectivity index (χ1n) is 6.41. The van der Waals surface area contributed by atoms with Gasteiger partial charge in [0, 0.05) is 20.1 Å². The summed E-state index contributed by atoms with van der Waals surface area (Å²) in [6.45, 7) is 2.02. The summed E-state index contributed by atoms with van der Waals surface area (Å²) >= 11 is 6.99. The molecule has 0 aromatic heterocycles. The van der Waals surface area contributed by atoms with Gasteiger partial charge in [0.1, 0.15) is 11.5 Å². The minimum absolute atomic E-state index is 0.333. The highest BCUT2D eigenvalue weighted by atomic mass is 79.9. The number of hydrogen-bond donors (Lipinski definition) is 1. The molecule has 0 spiro atoms. The van der Waals surface area contributed by atoms with E-state index in [1.165, 1.54) is 0 Å². The van der Waals surface area contributed by atoms with Gasteiger partial charge in [0.2, 0.25) is 0 Å². The fourth-order valence-corrected chi connectivity index (χ4v) is 2.90. The smallest absolute Gasteiger partial charge is 0.125 e. The van der Waals surface area contributed by atoms with Crippen molar-refractivity contribution in [2.24, 2.45) is 5.73 Å². The molecule has 0 radical (unpaired) electrons. The van der Waals surface area contributed by atoms with E-state index in [9.17, 15) is 0 Å². The van der Waals surface area contributed by atoms with Crippen LogP contribution in [0.3, 0.4) is 0 Å². The Kier molecular flexibility index (Phi) is 5.30. The quantitative estimate of drug-likeness (QED) is 0.795. The zero-order chi connectivity index (χ0) is 15.6. The van der Waals surface area contributed by atoms with Gasteiger partial charge in [0.05, 0.1) is 20.3 Å². The Labute approximate surface area is 141 Å². The van der Waals surface area contributed by atoms with Crippen molar-refractivity contribution in [3.63, 3.8) is 0 Å². The van der Waals surface area contributed by atoms with Crippen molar-refractivity contribution in [2.45, 2.75) is 13.0 Å². The summed E-state index contributed by atoms with van der Waals surface area (Å²) < 4.78 is 12.9.